The Bertz CT molecular complexity index is 1290. The van der Waals surface area contributed by atoms with E-state index in [1.54, 1.807) is 43.0 Å². The van der Waals surface area contributed by atoms with Crippen molar-refractivity contribution in [2.24, 2.45) is 18.9 Å². The van der Waals surface area contributed by atoms with Crippen LogP contribution in [0, 0.1) is 17.7 Å². The van der Waals surface area contributed by atoms with Gasteiger partial charge in [-0.15, -0.1) is 10.2 Å². The first kappa shape index (κ1) is 27.4. The second-order valence-electron chi connectivity index (χ2n) is 9.57. The molecule has 1 aliphatic heterocycles. The van der Waals surface area contributed by atoms with E-state index in [1.807, 2.05) is 35.9 Å². The molecule has 0 radical (unpaired) electrons. The van der Waals surface area contributed by atoms with Crippen molar-refractivity contribution in [1.82, 2.24) is 20.1 Å². The van der Waals surface area contributed by atoms with Gasteiger partial charge < -0.3 is 9.88 Å². The molecule has 1 saturated carbocycles. The second kappa shape index (κ2) is 12.7. The van der Waals surface area contributed by atoms with Crippen molar-refractivity contribution in [1.29, 1.82) is 0 Å². The number of sulfone groups is 1. The molecule has 0 bridgehead atoms. The number of halogens is 1. The van der Waals surface area contributed by atoms with Gasteiger partial charge in [0, 0.05) is 18.5 Å². The number of thioether (sulfide) groups is 1. The van der Waals surface area contributed by atoms with Gasteiger partial charge in [0.15, 0.2) is 20.8 Å². The lowest BCUT2D eigenvalue weighted by Crippen LogP contribution is -2.28. The summed E-state index contributed by atoms with van der Waals surface area (Å²) in [6, 6.07) is 6.35. The third-order valence-electron chi connectivity index (χ3n) is 6.99. The lowest BCUT2D eigenvalue weighted by atomic mass is 9.78. The summed E-state index contributed by atoms with van der Waals surface area (Å²) in [5, 5.41) is 13.1. The average molecular weight is 543 g/mol. The summed E-state index contributed by atoms with van der Waals surface area (Å²) in [6.07, 6.45) is 18.0. The first-order chi connectivity index (χ1) is 17.9. The van der Waals surface area contributed by atoms with Crippen LogP contribution in [0.5, 0.6) is 0 Å². The van der Waals surface area contributed by atoms with E-state index in [0.29, 0.717) is 16.9 Å². The molecule has 9 heteroatoms. The van der Waals surface area contributed by atoms with E-state index >= 15 is 0 Å². The molecule has 4 rings (SSSR count). The SMILES string of the molecule is CCS(=O)(=O)C1=CC=CC=C(C2CCCC(CCCSc3nnc(C=Cc4ccc(F)cc4)n3C)C2)N1. The van der Waals surface area contributed by atoms with Gasteiger partial charge in [-0.2, -0.15) is 0 Å². The van der Waals surface area contributed by atoms with Gasteiger partial charge in [-0.05, 0) is 73.4 Å². The zero-order chi connectivity index (χ0) is 26.3. The molecule has 0 spiro atoms. The largest absolute Gasteiger partial charge is 0.349 e. The number of rotatable bonds is 10. The van der Waals surface area contributed by atoms with Crippen LogP contribution in [0.25, 0.3) is 12.2 Å². The maximum absolute atomic E-state index is 13.1. The third kappa shape index (κ3) is 7.45. The summed E-state index contributed by atoms with van der Waals surface area (Å²) in [7, 11) is -1.31. The van der Waals surface area contributed by atoms with Crippen LogP contribution < -0.4 is 5.32 Å². The second-order valence-corrected chi connectivity index (χ2v) is 12.9. The van der Waals surface area contributed by atoms with Crippen LogP contribution in [0.4, 0.5) is 4.39 Å². The van der Waals surface area contributed by atoms with Crippen molar-refractivity contribution >= 4 is 33.8 Å². The topological polar surface area (TPSA) is 76.9 Å². The van der Waals surface area contributed by atoms with Gasteiger partial charge in [-0.1, -0.05) is 61.9 Å². The molecule has 0 saturated heterocycles. The Morgan fingerprint density at radius 1 is 1.14 bits per heavy atom. The fourth-order valence-electron chi connectivity index (χ4n) is 4.82. The molecule has 1 aromatic heterocycles. The van der Waals surface area contributed by atoms with E-state index in [-0.39, 0.29) is 11.6 Å². The quantitative estimate of drug-likeness (QED) is 0.288. The van der Waals surface area contributed by atoms with Gasteiger partial charge in [-0.3, -0.25) is 0 Å². The summed E-state index contributed by atoms with van der Waals surface area (Å²) in [6.45, 7) is 1.68. The fourth-order valence-corrected chi connectivity index (χ4v) is 6.57. The van der Waals surface area contributed by atoms with Gasteiger partial charge in [0.25, 0.3) is 0 Å². The summed E-state index contributed by atoms with van der Waals surface area (Å²) in [5.74, 6) is 2.58. The molecule has 1 aliphatic carbocycles. The minimum absolute atomic E-state index is 0.0927. The molecule has 1 N–H and O–H groups in total. The van der Waals surface area contributed by atoms with Crippen LogP contribution >= 0.6 is 11.8 Å². The molecule has 0 amide bonds. The Morgan fingerprint density at radius 3 is 2.70 bits per heavy atom. The number of allylic oxidation sites excluding steroid dienone is 5. The number of aromatic nitrogens is 3. The Labute approximate surface area is 223 Å². The number of benzene rings is 1. The molecule has 2 aromatic rings. The van der Waals surface area contributed by atoms with E-state index in [2.05, 4.69) is 15.5 Å². The monoisotopic (exact) mass is 542 g/mol. The molecule has 2 aliphatic rings. The normalized spacial score (nSPS) is 20.4. The van der Waals surface area contributed by atoms with E-state index in [0.717, 1.165) is 60.1 Å². The Balaban J connectivity index is 1.25. The maximum Gasteiger partial charge on any atom is 0.193 e. The zero-order valence-corrected chi connectivity index (χ0v) is 23.1. The van der Waals surface area contributed by atoms with Crippen LogP contribution in [0.15, 0.2) is 64.5 Å². The molecule has 1 fully saturated rings. The lowest BCUT2D eigenvalue weighted by molar-refractivity contribution is 0.275. The number of nitrogens with one attached hydrogen (secondary N) is 1. The van der Waals surface area contributed by atoms with Crippen LogP contribution in [0.2, 0.25) is 0 Å². The van der Waals surface area contributed by atoms with Crippen LogP contribution in [0.3, 0.4) is 0 Å². The molecule has 198 valence electrons. The van der Waals surface area contributed by atoms with Crippen molar-refractivity contribution in [3.63, 3.8) is 0 Å². The molecule has 2 atom stereocenters. The van der Waals surface area contributed by atoms with Crippen molar-refractivity contribution < 1.29 is 12.8 Å². The highest BCUT2D eigenvalue weighted by atomic mass is 32.2. The summed E-state index contributed by atoms with van der Waals surface area (Å²) in [4.78, 5) is 0. The van der Waals surface area contributed by atoms with E-state index in [9.17, 15) is 12.8 Å². The number of hydrogen-bond donors (Lipinski definition) is 1. The van der Waals surface area contributed by atoms with Crippen LogP contribution in [0.1, 0.15) is 56.8 Å². The van der Waals surface area contributed by atoms with Gasteiger partial charge in [0.2, 0.25) is 0 Å². The first-order valence-electron chi connectivity index (χ1n) is 12.9. The fraction of sp³-hybridized carbons (Fsp3) is 0.429. The molecular formula is C28H35FN4O2S2. The van der Waals surface area contributed by atoms with Crippen LogP contribution in [-0.4, -0.2) is 34.7 Å². The molecular weight excluding hydrogens is 507 g/mol. The summed E-state index contributed by atoms with van der Waals surface area (Å²) >= 11 is 1.72. The molecule has 2 unspecified atom stereocenters. The third-order valence-corrected chi connectivity index (χ3v) is 9.77. The van der Waals surface area contributed by atoms with Gasteiger partial charge in [0.05, 0.1) is 5.75 Å². The van der Waals surface area contributed by atoms with Crippen molar-refractivity contribution in [2.45, 2.75) is 50.6 Å². The first-order valence-corrected chi connectivity index (χ1v) is 15.5. The zero-order valence-electron chi connectivity index (χ0n) is 21.4. The predicted molar refractivity (Wildman–Crippen MR) is 150 cm³/mol. The van der Waals surface area contributed by atoms with Crippen LogP contribution in [-0.2, 0) is 16.9 Å². The van der Waals surface area contributed by atoms with E-state index < -0.39 is 9.84 Å². The molecule has 6 nitrogen and oxygen atoms in total. The van der Waals surface area contributed by atoms with Crippen molar-refractivity contribution in [3.05, 3.63) is 76.5 Å². The van der Waals surface area contributed by atoms with Gasteiger partial charge in [-0.25, -0.2) is 12.8 Å². The number of hydrogen-bond acceptors (Lipinski definition) is 6. The highest BCUT2D eigenvalue weighted by Gasteiger charge is 2.27. The highest BCUT2D eigenvalue weighted by molar-refractivity contribution is 7.99. The number of nitrogens with zero attached hydrogens (tertiary/aromatic N) is 3. The Hall–Kier alpha value is -2.65. The van der Waals surface area contributed by atoms with Gasteiger partial charge >= 0.3 is 0 Å². The van der Waals surface area contributed by atoms with Gasteiger partial charge in [0.1, 0.15) is 10.8 Å². The standard InChI is InChI=1S/C28H35FN4O2S2/c1-3-37(34,35)27-12-5-4-11-25(30-27)23-10-6-8-22(20-23)9-7-19-36-28-32-31-26(33(28)2)18-15-21-13-16-24(29)17-14-21/h4-5,11-18,22-23,30H,3,6-10,19-20H2,1-2H3. The summed E-state index contributed by atoms with van der Waals surface area (Å²) in [5.41, 5.74) is 1.94. The average Bonchev–Trinajstić information content (AvgIpc) is 3.08. The molecule has 37 heavy (non-hydrogen) atoms. The predicted octanol–water partition coefficient (Wildman–Crippen LogP) is 6.12. The lowest BCUT2D eigenvalue weighted by Gasteiger charge is -2.31. The van der Waals surface area contributed by atoms with Crippen molar-refractivity contribution in [3.8, 4) is 0 Å². The smallest absolute Gasteiger partial charge is 0.193 e. The highest BCUT2D eigenvalue weighted by Crippen LogP contribution is 2.36. The minimum atomic E-state index is -3.27. The molecule has 2 heterocycles. The van der Waals surface area contributed by atoms with Crippen molar-refractivity contribution in [2.75, 3.05) is 11.5 Å². The van der Waals surface area contributed by atoms with E-state index in [4.69, 9.17) is 0 Å². The maximum atomic E-state index is 13.1. The Kier molecular flexibility index (Phi) is 9.43. The Morgan fingerprint density at radius 2 is 1.92 bits per heavy atom. The minimum Gasteiger partial charge on any atom is -0.349 e. The summed E-state index contributed by atoms with van der Waals surface area (Å²) < 4.78 is 39.9. The van der Waals surface area contributed by atoms with E-state index in [1.165, 1.54) is 18.6 Å². The molecule has 1 aromatic carbocycles.